The molecule has 0 atom stereocenters. The lowest BCUT2D eigenvalue weighted by molar-refractivity contribution is 0.0975. The van der Waals surface area contributed by atoms with E-state index in [4.69, 9.17) is 0 Å². The molecule has 1 nitrogen and oxygen atoms in total. The molecule has 15 heavy (non-hydrogen) atoms. The van der Waals surface area contributed by atoms with E-state index >= 15 is 0 Å². The maximum absolute atomic E-state index is 12.8. The zero-order chi connectivity index (χ0) is 11.0. The average Bonchev–Trinajstić information content (AvgIpc) is 2.97. The van der Waals surface area contributed by atoms with Crippen LogP contribution in [0.5, 0.6) is 0 Å². The number of halogens is 3. The number of Topliss-reactive ketones (excluding diaryl/α,β-unsaturated/α-hetero) is 1. The van der Waals surface area contributed by atoms with Gasteiger partial charge in [-0.25, -0.2) is 13.2 Å². The minimum absolute atomic E-state index is 0.0849. The first kappa shape index (κ1) is 10.2. The van der Waals surface area contributed by atoms with Gasteiger partial charge in [0.1, 0.15) is 0 Å². The van der Waals surface area contributed by atoms with E-state index in [2.05, 4.69) is 0 Å². The second-order valence-corrected chi connectivity index (χ2v) is 3.82. The van der Waals surface area contributed by atoms with Gasteiger partial charge in [-0.05, 0) is 30.9 Å². The Kier molecular flexibility index (Phi) is 2.50. The van der Waals surface area contributed by atoms with Gasteiger partial charge in [0.25, 0.3) is 0 Å². The summed E-state index contributed by atoms with van der Waals surface area (Å²) < 4.78 is 38.2. The standard InChI is InChI=1S/C11H9F3O/c12-8-4-7(5-9(13)11(8)14)10(15)3-6-1-2-6/h4-6H,1-3H2. The Morgan fingerprint density at radius 1 is 1.20 bits per heavy atom. The summed E-state index contributed by atoms with van der Waals surface area (Å²) >= 11 is 0. The number of ketones is 1. The van der Waals surface area contributed by atoms with E-state index in [-0.39, 0.29) is 11.3 Å². The van der Waals surface area contributed by atoms with Crippen LogP contribution in [0.3, 0.4) is 0 Å². The van der Waals surface area contributed by atoms with Crippen LogP contribution in [0.4, 0.5) is 13.2 Å². The average molecular weight is 214 g/mol. The summed E-state index contributed by atoms with van der Waals surface area (Å²) in [7, 11) is 0. The van der Waals surface area contributed by atoms with Gasteiger partial charge < -0.3 is 0 Å². The molecule has 1 aromatic rings. The topological polar surface area (TPSA) is 17.1 Å². The molecule has 0 spiro atoms. The van der Waals surface area contributed by atoms with Crippen LogP contribution >= 0.6 is 0 Å². The smallest absolute Gasteiger partial charge is 0.194 e. The lowest BCUT2D eigenvalue weighted by Gasteiger charge is -2.01. The monoisotopic (exact) mass is 214 g/mol. The third-order valence-electron chi connectivity index (χ3n) is 2.48. The van der Waals surface area contributed by atoms with E-state index in [9.17, 15) is 18.0 Å². The molecule has 1 fully saturated rings. The number of hydrogen-bond donors (Lipinski definition) is 0. The lowest BCUT2D eigenvalue weighted by atomic mass is 10.1. The van der Waals surface area contributed by atoms with Gasteiger partial charge in [-0.15, -0.1) is 0 Å². The fraction of sp³-hybridized carbons (Fsp3) is 0.364. The Bertz CT molecular complexity index is 387. The summed E-state index contributed by atoms with van der Waals surface area (Å²) in [4.78, 5) is 11.5. The molecule has 1 aliphatic carbocycles. The largest absolute Gasteiger partial charge is 0.294 e. The van der Waals surface area contributed by atoms with Crippen LogP contribution in [-0.4, -0.2) is 5.78 Å². The number of benzene rings is 1. The van der Waals surface area contributed by atoms with Crippen molar-refractivity contribution in [2.75, 3.05) is 0 Å². The second kappa shape index (κ2) is 3.68. The maximum atomic E-state index is 12.8. The molecule has 4 heteroatoms. The van der Waals surface area contributed by atoms with Gasteiger partial charge in [-0.1, -0.05) is 0 Å². The molecule has 0 saturated heterocycles. The van der Waals surface area contributed by atoms with Crippen molar-refractivity contribution in [3.05, 3.63) is 35.1 Å². The van der Waals surface area contributed by atoms with Gasteiger partial charge in [0, 0.05) is 12.0 Å². The fourth-order valence-electron chi connectivity index (χ4n) is 1.42. The fourth-order valence-corrected chi connectivity index (χ4v) is 1.42. The molecule has 1 aromatic carbocycles. The molecular formula is C11H9F3O. The minimum Gasteiger partial charge on any atom is -0.294 e. The SMILES string of the molecule is O=C(CC1CC1)c1cc(F)c(F)c(F)c1. The summed E-state index contributed by atoms with van der Waals surface area (Å²) in [5.41, 5.74) is -0.0849. The summed E-state index contributed by atoms with van der Waals surface area (Å²) in [6.45, 7) is 0. The number of carbonyl (C=O) groups excluding carboxylic acids is 1. The van der Waals surface area contributed by atoms with Gasteiger partial charge in [-0.2, -0.15) is 0 Å². The predicted molar refractivity (Wildman–Crippen MR) is 48.0 cm³/mol. The molecule has 0 bridgehead atoms. The van der Waals surface area contributed by atoms with Crippen LogP contribution in [-0.2, 0) is 0 Å². The van der Waals surface area contributed by atoms with Gasteiger partial charge in [0.15, 0.2) is 23.2 Å². The number of hydrogen-bond acceptors (Lipinski definition) is 1. The molecule has 0 unspecified atom stereocenters. The Morgan fingerprint density at radius 2 is 1.73 bits per heavy atom. The summed E-state index contributed by atoms with van der Waals surface area (Å²) in [6.07, 6.45) is 2.26. The highest BCUT2D eigenvalue weighted by Gasteiger charge is 2.25. The van der Waals surface area contributed by atoms with Crippen molar-refractivity contribution < 1.29 is 18.0 Å². The highest BCUT2D eigenvalue weighted by molar-refractivity contribution is 5.96. The van der Waals surface area contributed by atoms with Gasteiger partial charge >= 0.3 is 0 Å². The summed E-state index contributed by atoms with van der Waals surface area (Å²) in [6, 6.07) is 1.51. The van der Waals surface area contributed by atoms with E-state index in [0.717, 1.165) is 25.0 Å². The Balaban J connectivity index is 2.23. The third kappa shape index (κ3) is 2.19. The van der Waals surface area contributed by atoms with Crippen molar-refractivity contribution in [1.82, 2.24) is 0 Å². The normalized spacial score (nSPS) is 15.4. The van der Waals surface area contributed by atoms with Crippen molar-refractivity contribution >= 4 is 5.78 Å². The van der Waals surface area contributed by atoms with Crippen LogP contribution in [0.2, 0.25) is 0 Å². The molecular weight excluding hydrogens is 205 g/mol. The van der Waals surface area contributed by atoms with Crippen molar-refractivity contribution in [3.8, 4) is 0 Å². The van der Waals surface area contributed by atoms with E-state index in [1.165, 1.54) is 0 Å². The number of rotatable bonds is 3. The second-order valence-electron chi connectivity index (χ2n) is 3.82. The number of carbonyl (C=O) groups is 1. The van der Waals surface area contributed by atoms with E-state index in [1.54, 1.807) is 0 Å². The molecule has 0 heterocycles. The molecule has 0 aliphatic heterocycles. The predicted octanol–water partition coefficient (Wildman–Crippen LogP) is 3.09. The van der Waals surface area contributed by atoms with Crippen LogP contribution in [0.1, 0.15) is 29.6 Å². The quantitative estimate of drug-likeness (QED) is 0.558. The zero-order valence-electron chi connectivity index (χ0n) is 7.90. The molecule has 2 rings (SSSR count). The van der Waals surface area contributed by atoms with Crippen molar-refractivity contribution in [2.45, 2.75) is 19.3 Å². The van der Waals surface area contributed by atoms with E-state index in [1.807, 2.05) is 0 Å². The van der Waals surface area contributed by atoms with Crippen LogP contribution in [0.25, 0.3) is 0 Å². The summed E-state index contributed by atoms with van der Waals surface area (Å²) in [5.74, 6) is -4.13. The Morgan fingerprint density at radius 3 is 2.20 bits per heavy atom. The highest BCUT2D eigenvalue weighted by atomic mass is 19.2. The first-order valence-electron chi connectivity index (χ1n) is 4.75. The highest BCUT2D eigenvalue weighted by Crippen LogP contribution is 2.33. The first-order chi connectivity index (χ1) is 7.08. The van der Waals surface area contributed by atoms with Crippen molar-refractivity contribution in [2.24, 2.45) is 5.92 Å². The van der Waals surface area contributed by atoms with Gasteiger partial charge in [0.2, 0.25) is 0 Å². The zero-order valence-corrected chi connectivity index (χ0v) is 7.90. The van der Waals surface area contributed by atoms with Crippen LogP contribution in [0.15, 0.2) is 12.1 Å². The molecule has 0 aromatic heterocycles. The minimum atomic E-state index is -1.53. The molecule has 0 radical (unpaired) electrons. The van der Waals surface area contributed by atoms with E-state index in [0.29, 0.717) is 12.3 Å². The third-order valence-corrected chi connectivity index (χ3v) is 2.48. The van der Waals surface area contributed by atoms with Gasteiger partial charge in [-0.3, -0.25) is 4.79 Å². The lowest BCUT2D eigenvalue weighted by Crippen LogP contribution is -2.03. The van der Waals surface area contributed by atoms with Crippen molar-refractivity contribution in [3.63, 3.8) is 0 Å². The molecule has 0 N–H and O–H groups in total. The molecule has 1 aliphatic rings. The molecule has 80 valence electrons. The van der Waals surface area contributed by atoms with Crippen molar-refractivity contribution in [1.29, 1.82) is 0 Å². The van der Waals surface area contributed by atoms with Crippen LogP contribution in [0, 0.1) is 23.4 Å². The molecule has 0 amide bonds. The molecule has 1 saturated carbocycles. The van der Waals surface area contributed by atoms with Crippen LogP contribution < -0.4 is 0 Å². The first-order valence-corrected chi connectivity index (χ1v) is 4.75. The van der Waals surface area contributed by atoms with E-state index < -0.39 is 17.5 Å². The Labute approximate surface area is 84.9 Å². The summed E-state index contributed by atoms with van der Waals surface area (Å²) in [5, 5.41) is 0. The maximum Gasteiger partial charge on any atom is 0.194 e. The Hall–Kier alpha value is -1.32. The van der Waals surface area contributed by atoms with Gasteiger partial charge in [0.05, 0.1) is 0 Å².